The number of esters is 1. The molecule has 1 aliphatic carbocycles. The fourth-order valence-electron chi connectivity index (χ4n) is 2.45. The fraction of sp³-hybridized carbons (Fsp3) is 0.923. The van der Waals surface area contributed by atoms with Crippen molar-refractivity contribution in [3.05, 3.63) is 0 Å². The van der Waals surface area contributed by atoms with Crippen LogP contribution in [0.5, 0.6) is 0 Å². The van der Waals surface area contributed by atoms with E-state index in [1.165, 1.54) is 0 Å². The monoisotopic (exact) mass is 228 g/mol. The standard InChI is InChI=1S/C13H24O3/c1-5-16-11(14)12(2,3)10-6-8-13(4,15)9-7-10/h10,15H,5-9H2,1-4H3/t10-,13+. The third kappa shape index (κ3) is 2.97. The summed E-state index contributed by atoms with van der Waals surface area (Å²) in [5.41, 5.74) is -0.965. The molecule has 0 unspecified atom stereocenters. The van der Waals surface area contributed by atoms with Gasteiger partial charge in [0.1, 0.15) is 0 Å². The number of hydrogen-bond acceptors (Lipinski definition) is 3. The first-order valence-electron chi connectivity index (χ1n) is 6.19. The van der Waals surface area contributed by atoms with Gasteiger partial charge < -0.3 is 9.84 Å². The predicted molar refractivity (Wildman–Crippen MR) is 63.0 cm³/mol. The number of rotatable bonds is 3. The first kappa shape index (κ1) is 13.5. The Morgan fingerprint density at radius 3 is 2.38 bits per heavy atom. The summed E-state index contributed by atoms with van der Waals surface area (Å²) >= 11 is 0. The topological polar surface area (TPSA) is 46.5 Å². The molecule has 0 atom stereocenters. The van der Waals surface area contributed by atoms with E-state index in [2.05, 4.69) is 0 Å². The molecule has 1 fully saturated rings. The summed E-state index contributed by atoms with van der Waals surface area (Å²) in [6.07, 6.45) is 3.36. The maximum Gasteiger partial charge on any atom is 0.311 e. The largest absolute Gasteiger partial charge is 0.466 e. The molecule has 1 aliphatic rings. The maximum atomic E-state index is 11.8. The molecule has 1 N–H and O–H groups in total. The highest BCUT2D eigenvalue weighted by Crippen LogP contribution is 2.42. The average Bonchev–Trinajstić information content (AvgIpc) is 2.17. The van der Waals surface area contributed by atoms with Gasteiger partial charge in [-0.3, -0.25) is 4.79 Å². The van der Waals surface area contributed by atoms with Crippen molar-refractivity contribution < 1.29 is 14.6 Å². The lowest BCUT2D eigenvalue weighted by atomic mass is 9.68. The highest BCUT2D eigenvalue weighted by molar-refractivity contribution is 5.76. The zero-order valence-electron chi connectivity index (χ0n) is 10.9. The molecule has 1 saturated carbocycles. The van der Waals surface area contributed by atoms with E-state index in [4.69, 9.17) is 4.74 Å². The van der Waals surface area contributed by atoms with Crippen LogP contribution in [0.1, 0.15) is 53.4 Å². The summed E-state index contributed by atoms with van der Waals surface area (Å²) in [7, 11) is 0. The van der Waals surface area contributed by atoms with Gasteiger partial charge in [-0.25, -0.2) is 0 Å². The van der Waals surface area contributed by atoms with Crippen LogP contribution >= 0.6 is 0 Å². The number of carbonyl (C=O) groups is 1. The molecule has 94 valence electrons. The molecule has 0 saturated heterocycles. The van der Waals surface area contributed by atoms with Crippen molar-refractivity contribution in [3.8, 4) is 0 Å². The average molecular weight is 228 g/mol. The van der Waals surface area contributed by atoms with Crippen LogP contribution in [-0.2, 0) is 9.53 Å². The smallest absolute Gasteiger partial charge is 0.311 e. The Bertz CT molecular complexity index is 246. The molecule has 0 aromatic heterocycles. The Morgan fingerprint density at radius 2 is 1.94 bits per heavy atom. The van der Waals surface area contributed by atoms with Crippen LogP contribution in [-0.4, -0.2) is 23.3 Å². The molecule has 3 heteroatoms. The highest BCUT2D eigenvalue weighted by Gasteiger charge is 2.41. The van der Waals surface area contributed by atoms with E-state index in [9.17, 15) is 9.90 Å². The Kier molecular flexibility index (Phi) is 4.00. The van der Waals surface area contributed by atoms with Crippen LogP contribution in [0, 0.1) is 11.3 Å². The summed E-state index contributed by atoms with van der Waals surface area (Å²) in [4.78, 5) is 11.8. The van der Waals surface area contributed by atoms with Crippen molar-refractivity contribution in [1.82, 2.24) is 0 Å². The molecule has 0 aromatic carbocycles. The molecule has 1 rings (SSSR count). The molecule has 0 aromatic rings. The molecular formula is C13H24O3. The number of ether oxygens (including phenoxy) is 1. The minimum atomic E-state index is -0.540. The van der Waals surface area contributed by atoms with Crippen molar-refractivity contribution in [3.63, 3.8) is 0 Å². The van der Waals surface area contributed by atoms with Crippen molar-refractivity contribution >= 4 is 5.97 Å². The lowest BCUT2D eigenvalue weighted by molar-refractivity contribution is -0.158. The molecule has 3 nitrogen and oxygen atoms in total. The van der Waals surface area contributed by atoms with E-state index in [0.29, 0.717) is 12.5 Å². The van der Waals surface area contributed by atoms with Gasteiger partial charge in [0.2, 0.25) is 0 Å². The summed E-state index contributed by atoms with van der Waals surface area (Å²) in [6, 6.07) is 0. The van der Waals surface area contributed by atoms with Gasteiger partial charge in [0.05, 0.1) is 17.6 Å². The Labute approximate surface area is 98.2 Å². The normalized spacial score (nSPS) is 31.2. The Hall–Kier alpha value is -0.570. The van der Waals surface area contributed by atoms with E-state index < -0.39 is 11.0 Å². The van der Waals surface area contributed by atoms with Crippen molar-refractivity contribution in [2.75, 3.05) is 6.61 Å². The molecule has 0 radical (unpaired) electrons. The van der Waals surface area contributed by atoms with Gasteiger partial charge in [-0.05, 0) is 59.3 Å². The second-order valence-corrected chi connectivity index (χ2v) is 5.71. The van der Waals surface area contributed by atoms with Crippen LogP contribution in [0.15, 0.2) is 0 Å². The molecule has 16 heavy (non-hydrogen) atoms. The highest BCUT2D eigenvalue weighted by atomic mass is 16.5. The van der Waals surface area contributed by atoms with Crippen LogP contribution in [0.25, 0.3) is 0 Å². The zero-order chi connectivity index (χ0) is 12.4. The molecule has 0 aliphatic heterocycles. The van der Waals surface area contributed by atoms with Gasteiger partial charge in [0.25, 0.3) is 0 Å². The quantitative estimate of drug-likeness (QED) is 0.755. The van der Waals surface area contributed by atoms with Gasteiger partial charge in [-0.1, -0.05) is 0 Å². The summed E-state index contributed by atoms with van der Waals surface area (Å²) in [5.74, 6) is 0.216. The third-order valence-electron chi connectivity index (χ3n) is 3.88. The number of carbonyl (C=O) groups excluding carboxylic acids is 1. The van der Waals surface area contributed by atoms with Crippen LogP contribution in [0.3, 0.4) is 0 Å². The van der Waals surface area contributed by atoms with Crippen molar-refractivity contribution in [2.45, 2.75) is 59.0 Å². The summed E-state index contributed by atoms with van der Waals surface area (Å²) < 4.78 is 5.11. The third-order valence-corrected chi connectivity index (χ3v) is 3.88. The van der Waals surface area contributed by atoms with E-state index in [0.717, 1.165) is 25.7 Å². The van der Waals surface area contributed by atoms with Crippen LogP contribution < -0.4 is 0 Å². The molecule has 0 heterocycles. The van der Waals surface area contributed by atoms with Gasteiger partial charge in [0, 0.05) is 0 Å². The van der Waals surface area contributed by atoms with E-state index in [1.54, 1.807) is 0 Å². The van der Waals surface area contributed by atoms with Crippen molar-refractivity contribution in [1.29, 1.82) is 0 Å². The lowest BCUT2D eigenvalue weighted by Crippen LogP contribution is -2.40. The van der Waals surface area contributed by atoms with Gasteiger partial charge in [-0.2, -0.15) is 0 Å². The van der Waals surface area contributed by atoms with Crippen LogP contribution in [0.2, 0.25) is 0 Å². The Morgan fingerprint density at radius 1 is 1.44 bits per heavy atom. The fourth-order valence-corrected chi connectivity index (χ4v) is 2.45. The van der Waals surface area contributed by atoms with E-state index in [1.807, 2.05) is 27.7 Å². The minimum absolute atomic E-state index is 0.110. The lowest BCUT2D eigenvalue weighted by Gasteiger charge is -2.39. The first-order chi connectivity index (χ1) is 7.29. The molecule has 0 spiro atoms. The van der Waals surface area contributed by atoms with Crippen LogP contribution in [0.4, 0.5) is 0 Å². The second-order valence-electron chi connectivity index (χ2n) is 5.71. The van der Waals surface area contributed by atoms with E-state index in [-0.39, 0.29) is 5.97 Å². The second kappa shape index (κ2) is 4.74. The number of aliphatic hydroxyl groups is 1. The minimum Gasteiger partial charge on any atom is -0.466 e. The van der Waals surface area contributed by atoms with Crippen molar-refractivity contribution in [2.24, 2.45) is 11.3 Å². The van der Waals surface area contributed by atoms with E-state index >= 15 is 0 Å². The Balaban J connectivity index is 2.61. The first-order valence-corrected chi connectivity index (χ1v) is 6.19. The predicted octanol–water partition coefficient (Wildman–Crippen LogP) is 2.52. The molecular weight excluding hydrogens is 204 g/mol. The van der Waals surface area contributed by atoms with Gasteiger partial charge >= 0.3 is 5.97 Å². The van der Waals surface area contributed by atoms with Gasteiger partial charge in [0.15, 0.2) is 0 Å². The summed E-state index contributed by atoms with van der Waals surface area (Å²) in [5, 5.41) is 9.88. The molecule has 0 amide bonds. The zero-order valence-corrected chi connectivity index (χ0v) is 10.9. The maximum absolute atomic E-state index is 11.8. The molecule has 0 bridgehead atoms. The summed E-state index contributed by atoms with van der Waals surface area (Å²) in [6.45, 7) is 8.05. The van der Waals surface area contributed by atoms with Gasteiger partial charge in [-0.15, -0.1) is 0 Å². The SMILES string of the molecule is CCOC(=O)C(C)(C)[C@H]1CC[C@@](C)(O)CC1. The number of hydrogen-bond donors (Lipinski definition) is 1.